The third kappa shape index (κ3) is 5.79. The van der Waals surface area contributed by atoms with Gasteiger partial charge in [0.25, 0.3) is 5.22 Å². The molecule has 0 unspecified atom stereocenters. The Morgan fingerprint density at radius 2 is 1.84 bits per heavy atom. The number of amides is 1. The Balaban J connectivity index is 1.26. The van der Waals surface area contributed by atoms with Gasteiger partial charge in [0, 0.05) is 24.1 Å². The van der Waals surface area contributed by atoms with Gasteiger partial charge in [0.05, 0.1) is 5.75 Å². The molecule has 0 radical (unpaired) electrons. The number of hydrogen-bond acceptors (Lipinski definition) is 8. The van der Waals surface area contributed by atoms with Crippen LogP contribution in [0.25, 0.3) is 11.5 Å². The van der Waals surface area contributed by atoms with Gasteiger partial charge in [0.1, 0.15) is 0 Å². The second kappa shape index (κ2) is 9.57. The maximum Gasteiger partial charge on any atom is 0.277 e. The molecule has 0 saturated heterocycles. The lowest BCUT2D eigenvalue weighted by molar-refractivity contribution is -0.116. The van der Waals surface area contributed by atoms with Crippen molar-refractivity contribution in [2.75, 3.05) is 5.32 Å². The second-order valence-electron chi connectivity index (χ2n) is 7.06. The van der Waals surface area contributed by atoms with Crippen LogP contribution in [0.1, 0.15) is 29.3 Å². The van der Waals surface area contributed by atoms with Crippen molar-refractivity contribution in [3.63, 3.8) is 0 Å². The largest absolute Gasteiger partial charge is 0.411 e. The van der Waals surface area contributed by atoms with Crippen molar-refractivity contribution in [2.24, 2.45) is 0 Å². The van der Waals surface area contributed by atoms with Crippen LogP contribution in [-0.4, -0.2) is 26.2 Å². The molecule has 0 aliphatic rings. The van der Waals surface area contributed by atoms with E-state index in [2.05, 4.69) is 31.7 Å². The van der Waals surface area contributed by atoms with Gasteiger partial charge in [-0.2, -0.15) is 4.98 Å². The highest BCUT2D eigenvalue weighted by Crippen LogP contribution is 2.25. The number of thioether (sulfide) groups is 1. The summed E-state index contributed by atoms with van der Waals surface area (Å²) < 4.78 is 10.9. The van der Waals surface area contributed by atoms with Crippen LogP contribution >= 0.6 is 11.8 Å². The Bertz CT molecular complexity index is 1150. The quantitative estimate of drug-likeness (QED) is 0.400. The molecule has 2 aromatic heterocycles. The number of aryl methyl sites for hydroxylation is 3. The summed E-state index contributed by atoms with van der Waals surface area (Å²) in [7, 11) is 0. The first-order valence-corrected chi connectivity index (χ1v) is 10.7. The number of nitrogens with zero attached hydrogens (tertiary/aromatic N) is 4. The number of carbonyl (C=O) groups excluding carboxylic acids is 1. The fraction of sp³-hybridized carbons (Fsp3) is 0.227. The smallest absolute Gasteiger partial charge is 0.277 e. The molecule has 1 amide bonds. The summed E-state index contributed by atoms with van der Waals surface area (Å²) >= 11 is 1.33. The Hall–Kier alpha value is -3.46. The molecule has 0 aliphatic carbocycles. The van der Waals surface area contributed by atoms with Crippen molar-refractivity contribution < 1.29 is 13.7 Å². The first-order chi connectivity index (χ1) is 15.0. The zero-order valence-corrected chi connectivity index (χ0v) is 18.0. The minimum Gasteiger partial charge on any atom is -0.411 e. The molecule has 0 atom stereocenters. The predicted molar refractivity (Wildman–Crippen MR) is 116 cm³/mol. The summed E-state index contributed by atoms with van der Waals surface area (Å²) in [5.41, 5.74) is 3.86. The Labute approximate surface area is 183 Å². The van der Waals surface area contributed by atoms with E-state index in [1.165, 1.54) is 11.8 Å². The summed E-state index contributed by atoms with van der Waals surface area (Å²) in [5, 5.41) is 15.4. The van der Waals surface area contributed by atoms with Crippen molar-refractivity contribution in [1.82, 2.24) is 20.3 Å². The molecular weight excluding hydrogens is 414 g/mol. The molecule has 4 rings (SSSR count). The highest BCUT2D eigenvalue weighted by molar-refractivity contribution is 7.98. The number of rotatable bonds is 8. The topological polar surface area (TPSA) is 107 Å². The van der Waals surface area contributed by atoms with Gasteiger partial charge in [0.2, 0.25) is 17.7 Å². The van der Waals surface area contributed by atoms with E-state index >= 15 is 0 Å². The van der Waals surface area contributed by atoms with Gasteiger partial charge < -0.3 is 14.3 Å². The molecule has 2 aromatic carbocycles. The van der Waals surface area contributed by atoms with E-state index in [0.717, 1.165) is 22.4 Å². The fourth-order valence-corrected chi connectivity index (χ4v) is 3.64. The van der Waals surface area contributed by atoms with Crippen LogP contribution in [0.4, 0.5) is 5.69 Å². The van der Waals surface area contributed by atoms with Crippen molar-refractivity contribution in [3.05, 3.63) is 71.4 Å². The number of anilines is 1. The molecule has 31 heavy (non-hydrogen) atoms. The normalized spacial score (nSPS) is 10.9. The summed E-state index contributed by atoms with van der Waals surface area (Å²) in [5.74, 6) is 1.72. The van der Waals surface area contributed by atoms with Crippen LogP contribution in [0.2, 0.25) is 0 Å². The molecule has 2 heterocycles. The van der Waals surface area contributed by atoms with E-state index < -0.39 is 0 Å². The maximum absolute atomic E-state index is 12.2. The van der Waals surface area contributed by atoms with Gasteiger partial charge in [-0.25, -0.2) is 0 Å². The van der Waals surface area contributed by atoms with Crippen LogP contribution in [0.5, 0.6) is 0 Å². The third-order valence-electron chi connectivity index (χ3n) is 4.33. The highest BCUT2D eigenvalue weighted by Gasteiger charge is 2.13. The Morgan fingerprint density at radius 1 is 1.06 bits per heavy atom. The summed E-state index contributed by atoms with van der Waals surface area (Å²) in [6, 6.07) is 15.5. The van der Waals surface area contributed by atoms with Crippen LogP contribution < -0.4 is 5.32 Å². The molecule has 0 bridgehead atoms. The second-order valence-corrected chi connectivity index (χ2v) is 7.98. The molecule has 8 nitrogen and oxygen atoms in total. The molecule has 9 heteroatoms. The van der Waals surface area contributed by atoms with Gasteiger partial charge in [-0.15, -0.1) is 10.2 Å². The molecule has 0 spiro atoms. The van der Waals surface area contributed by atoms with Gasteiger partial charge in [0.15, 0.2) is 5.82 Å². The SMILES string of the molecule is Cc1cc(C)cc(NC(=O)CCc2nc(CSc3nnc(-c4ccccc4)o3)no2)c1. The molecule has 0 aliphatic heterocycles. The van der Waals surface area contributed by atoms with Crippen LogP contribution in [-0.2, 0) is 17.0 Å². The van der Waals surface area contributed by atoms with Crippen molar-refractivity contribution in [1.29, 1.82) is 0 Å². The van der Waals surface area contributed by atoms with Gasteiger partial charge in [-0.05, 0) is 49.2 Å². The Morgan fingerprint density at radius 3 is 2.61 bits per heavy atom. The van der Waals surface area contributed by atoms with Gasteiger partial charge in [-0.1, -0.05) is 41.2 Å². The summed E-state index contributed by atoms with van der Waals surface area (Å²) in [6.45, 7) is 3.99. The number of nitrogens with one attached hydrogen (secondary N) is 1. The van der Waals surface area contributed by atoms with Crippen LogP contribution in [0.15, 0.2) is 62.7 Å². The minimum atomic E-state index is -0.0987. The third-order valence-corrected chi connectivity index (χ3v) is 5.15. The average molecular weight is 436 g/mol. The van der Waals surface area contributed by atoms with Crippen molar-refractivity contribution >= 4 is 23.4 Å². The van der Waals surface area contributed by atoms with E-state index in [4.69, 9.17) is 8.94 Å². The number of benzene rings is 2. The van der Waals surface area contributed by atoms with Gasteiger partial charge in [-0.3, -0.25) is 4.79 Å². The van der Waals surface area contributed by atoms with E-state index in [1.807, 2.05) is 56.3 Å². The standard InChI is InChI=1S/C22H21N5O3S/c1-14-10-15(2)12-17(11-14)23-19(28)8-9-20-24-18(27-30-20)13-31-22-26-25-21(29-22)16-6-4-3-5-7-16/h3-7,10-12H,8-9,13H2,1-2H3,(H,23,28). The molecule has 158 valence electrons. The van der Waals surface area contributed by atoms with E-state index in [1.54, 1.807) is 0 Å². The van der Waals surface area contributed by atoms with Crippen LogP contribution in [0, 0.1) is 13.8 Å². The van der Waals surface area contributed by atoms with E-state index in [-0.39, 0.29) is 12.3 Å². The lowest BCUT2D eigenvalue weighted by Crippen LogP contribution is -2.12. The number of hydrogen-bond donors (Lipinski definition) is 1. The van der Waals surface area contributed by atoms with Gasteiger partial charge >= 0.3 is 0 Å². The first kappa shape index (κ1) is 20.8. The Kier molecular flexibility index (Phi) is 6.42. The van der Waals surface area contributed by atoms with Crippen molar-refractivity contribution in [3.8, 4) is 11.5 Å². The summed E-state index contributed by atoms with van der Waals surface area (Å²) in [6.07, 6.45) is 0.624. The molecule has 4 aromatic rings. The molecule has 0 fully saturated rings. The molecular formula is C22H21N5O3S. The monoisotopic (exact) mass is 435 g/mol. The number of carbonyl (C=O) groups is 1. The van der Waals surface area contributed by atoms with Crippen LogP contribution in [0.3, 0.4) is 0 Å². The first-order valence-electron chi connectivity index (χ1n) is 9.76. The lowest BCUT2D eigenvalue weighted by Gasteiger charge is -2.06. The predicted octanol–water partition coefficient (Wildman–Crippen LogP) is 4.60. The molecule has 1 N–H and O–H groups in total. The van der Waals surface area contributed by atoms with E-state index in [9.17, 15) is 4.79 Å². The number of aromatic nitrogens is 4. The zero-order valence-electron chi connectivity index (χ0n) is 17.2. The summed E-state index contributed by atoms with van der Waals surface area (Å²) in [4.78, 5) is 16.5. The average Bonchev–Trinajstić information content (AvgIpc) is 3.40. The lowest BCUT2D eigenvalue weighted by atomic mass is 10.1. The highest BCUT2D eigenvalue weighted by atomic mass is 32.2. The minimum absolute atomic E-state index is 0.0987. The van der Waals surface area contributed by atoms with E-state index in [0.29, 0.717) is 35.0 Å². The molecule has 0 saturated carbocycles. The fourth-order valence-electron chi connectivity index (χ4n) is 3.03. The van der Waals surface area contributed by atoms with Crippen molar-refractivity contribution in [2.45, 2.75) is 37.7 Å². The zero-order chi connectivity index (χ0) is 21.6. The maximum atomic E-state index is 12.2.